The van der Waals surface area contributed by atoms with Gasteiger partial charge in [0.2, 0.25) is 11.9 Å². The molecule has 3 rings (SSSR count). The number of aryl methyl sites for hydroxylation is 3. The quantitative estimate of drug-likeness (QED) is 0.736. The average Bonchev–Trinajstić information content (AvgIpc) is 3.05. The Balaban J connectivity index is 1.71. The second-order valence-electron chi connectivity index (χ2n) is 5.52. The molecule has 0 saturated heterocycles. The predicted molar refractivity (Wildman–Crippen MR) is 89.0 cm³/mol. The van der Waals surface area contributed by atoms with Gasteiger partial charge in [0.25, 0.3) is 0 Å². The molecule has 3 N–H and O–H groups in total. The minimum absolute atomic E-state index is 0.0871. The molecule has 0 fully saturated rings. The van der Waals surface area contributed by atoms with Crippen molar-refractivity contribution < 1.29 is 4.79 Å². The lowest BCUT2D eigenvalue weighted by molar-refractivity contribution is -0.116. The summed E-state index contributed by atoms with van der Waals surface area (Å²) in [5, 5.41) is 11.2. The molecule has 0 radical (unpaired) electrons. The van der Waals surface area contributed by atoms with Crippen molar-refractivity contribution in [3.63, 3.8) is 0 Å². The van der Waals surface area contributed by atoms with E-state index in [0.717, 1.165) is 17.0 Å². The van der Waals surface area contributed by atoms with E-state index < -0.39 is 0 Å². The largest absolute Gasteiger partial charge is 0.368 e. The van der Waals surface area contributed by atoms with Gasteiger partial charge in [-0.15, -0.1) is 0 Å². The monoisotopic (exact) mass is 326 g/mol. The van der Waals surface area contributed by atoms with E-state index in [2.05, 4.69) is 25.5 Å². The fourth-order valence-corrected chi connectivity index (χ4v) is 2.38. The Hall–Kier alpha value is -3.23. The maximum Gasteiger partial charge on any atom is 0.247 e. The van der Waals surface area contributed by atoms with Crippen molar-refractivity contribution in [2.45, 2.75) is 20.4 Å². The summed E-state index contributed by atoms with van der Waals surface area (Å²) in [5.41, 5.74) is 8.73. The summed E-state index contributed by atoms with van der Waals surface area (Å²) in [6, 6.07) is 3.62. The Kier molecular flexibility index (Phi) is 3.98. The lowest BCUT2D eigenvalue weighted by Crippen LogP contribution is -2.20. The zero-order chi connectivity index (χ0) is 17.3. The number of amides is 1. The van der Waals surface area contributed by atoms with E-state index >= 15 is 0 Å². The van der Waals surface area contributed by atoms with Gasteiger partial charge in [0.05, 0.1) is 17.6 Å². The van der Waals surface area contributed by atoms with E-state index in [9.17, 15) is 4.79 Å². The Bertz CT molecular complexity index is 875. The van der Waals surface area contributed by atoms with Gasteiger partial charge in [-0.25, -0.2) is 9.97 Å². The summed E-state index contributed by atoms with van der Waals surface area (Å²) in [7, 11) is 1.77. The van der Waals surface area contributed by atoms with Crippen molar-refractivity contribution >= 4 is 17.7 Å². The summed E-state index contributed by atoms with van der Waals surface area (Å²) in [5.74, 6) is 0.664. The molecule has 9 heteroatoms. The lowest BCUT2D eigenvalue weighted by Gasteiger charge is -2.05. The number of anilines is 2. The van der Waals surface area contributed by atoms with Crippen LogP contribution in [0.25, 0.3) is 11.3 Å². The molecule has 24 heavy (non-hydrogen) atoms. The molecule has 0 spiro atoms. The van der Waals surface area contributed by atoms with E-state index in [1.54, 1.807) is 34.9 Å². The molecular weight excluding hydrogens is 308 g/mol. The van der Waals surface area contributed by atoms with Crippen LogP contribution >= 0.6 is 0 Å². The third-order valence-electron chi connectivity index (χ3n) is 3.38. The zero-order valence-electron chi connectivity index (χ0n) is 13.7. The van der Waals surface area contributed by atoms with Crippen LogP contribution < -0.4 is 11.1 Å². The van der Waals surface area contributed by atoms with Crippen LogP contribution in [0.2, 0.25) is 0 Å². The molecule has 0 aliphatic heterocycles. The number of rotatable bonds is 4. The smallest absolute Gasteiger partial charge is 0.247 e. The highest BCUT2D eigenvalue weighted by atomic mass is 16.2. The second-order valence-corrected chi connectivity index (χ2v) is 5.52. The second kappa shape index (κ2) is 6.11. The molecule has 3 aromatic rings. The molecule has 0 atom stereocenters. The number of hydrogen-bond acceptors (Lipinski definition) is 6. The number of carbonyl (C=O) groups excluding carboxylic acids is 1. The molecule has 3 heterocycles. The van der Waals surface area contributed by atoms with Gasteiger partial charge in [0.15, 0.2) is 0 Å². The fraction of sp³-hybridized carbons (Fsp3) is 0.267. The summed E-state index contributed by atoms with van der Waals surface area (Å²) in [6.45, 7) is 3.80. The van der Waals surface area contributed by atoms with Crippen LogP contribution in [0.5, 0.6) is 0 Å². The first kappa shape index (κ1) is 15.7. The molecule has 1 amide bonds. The van der Waals surface area contributed by atoms with E-state index in [-0.39, 0.29) is 18.4 Å². The van der Waals surface area contributed by atoms with Gasteiger partial charge < -0.3 is 11.1 Å². The normalized spacial score (nSPS) is 10.8. The van der Waals surface area contributed by atoms with Gasteiger partial charge in [-0.3, -0.25) is 14.2 Å². The third-order valence-corrected chi connectivity index (χ3v) is 3.38. The highest BCUT2D eigenvalue weighted by Crippen LogP contribution is 2.17. The highest BCUT2D eigenvalue weighted by Gasteiger charge is 2.10. The first-order valence-electron chi connectivity index (χ1n) is 7.35. The highest BCUT2D eigenvalue weighted by molar-refractivity contribution is 5.89. The predicted octanol–water partition coefficient (Wildman–Crippen LogP) is 0.911. The molecule has 0 saturated carbocycles. The maximum atomic E-state index is 12.1. The average molecular weight is 326 g/mol. The summed E-state index contributed by atoms with van der Waals surface area (Å²) >= 11 is 0. The van der Waals surface area contributed by atoms with Crippen molar-refractivity contribution in [2.24, 2.45) is 7.05 Å². The summed E-state index contributed by atoms with van der Waals surface area (Å²) in [4.78, 5) is 20.4. The molecule has 3 aromatic heterocycles. The molecule has 0 aliphatic rings. The fourth-order valence-electron chi connectivity index (χ4n) is 2.38. The Morgan fingerprint density at radius 2 is 2.04 bits per heavy atom. The number of aromatic nitrogens is 6. The van der Waals surface area contributed by atoms with Crippen LogP contribution in [0, 0.1) is 13.8 Å². The standard InChI is InChI=1S/C15H18N8O/c1-9-4-12(19-15(16)18-9)11-6-17-23(7-11)8-14(24)20-13-5-10(2)21-22(13)3/h4-7H,8H2,1-3H3,(H,20,24)(H2,16,18,19). The van der Waals surface area contributed by atoms with Crippen molar-refractivity contribution in [1.29, 1.82) is 0 Å². The molecule has 0 unspecified atom stereocenters. The number of nitrogens with two attached hydrogens (primary N) is 1. The molecule has 0 bridgehead atoms. The molecule has 0 aromatic carbocycles. The first-order chi connectivity index (χ1) is 11.4. The number of nitrogen functional groups attached to an aromatic ring is 1. The Morgan fingerprint density at radius 3 is 2.71 bits per heavy atom. The Morgan fingerprint density at radius 1 is 1.25 bits per heavy atom. The van der Waals surface area contributed by atoms with Gasteiger partial charge in [0.1, 0.15) is 12.4 Å². The number of nitrogens with zero attached hydrogens (tertiary/aromatic N) is 6. The topological polar surface area (TPSA) is 117 Å². The van der Waals surface area contributed by atoms with Crippen LogP contribution in [-0.4, -0.2) is 35.4 Å². The van der Waals surface area contributed by atoms with Crippen molar-refractivity contribution in [1.82, 2.24) is 29.5 Å². The van der Waals surface area contributed by atoms with E-state index in [1.165, 1.54) is 0 Å². The summed E-state index contributed by atoms with van der Waals surface area (Å²) < 4.78 is 3.16. The zero-order valence-corrected chi connectivity index (χ0v) is 13.7. The molecular formula is C15H18N8O. The van der Waals surface area contributed by atoms with Crippen molar-refractivity contribution in [2.75, 3.05) is 11.1 Å². The Labute approximate surface area is 138 Å². The summed E-state index contributed by atoms with van der Waals surface area (Å²) in [6.07, 6.45) is 3.39. The van der Waals surface area contributed by atoms with Crippen LogP contribution in [-0.2, 0) is 18.4 Å². The van der Waals surface area contributed by atoms with Gasteiger partial charge in [-0.05, 0) is 19.9 Å². The maximum absolute atomic E-state index is 12.1. The van der Waals surface area contributed by atoms with Gasteiger partial charge in [0, 0.05) is 30.6 Å². The minimum atomic E-state index is -0.189. The number of carbonyl (C=O) groups is 1. The van der Waals surface area contributed by atoms with E-state index in [4.69, 9.17) is 5.73 Å². The van der Waals surface area contributed by atoms with Crippen LogP contribution in [0.4, 0.5) is 11.8 Å². The van der Waals surface area contributed by atoms with E-state index in [1.807, 2.05) is 19.9 Å². The van der Waals surface area contributed by atoms with Gasteiger partial charge >= 0.3 is 0 Å². The third kappa shape index (κ3) is 3.40. The number of hydrogen-bond donors (Lipinski definition) is 2. The van der Waals surface area contributed by atoms with Crippen molar-refractivity contribution in [3.8, 4) is 11.3 Å². The van der Waals surface area contributed by atoms with Crippen LogP contribution in [0.3, 0.4) is 0 Å². The SMILES string of the molecule is Cc1cc(-c2cnn(CC(=O)Nc3cc(C)nn3C)c2)nc(N)n1. The van der Waals surface area contributed by atoms with Gasteiger partial charge in [-0.1, -0.05) is 0 Å². The van der Waals surface area contributed by atoms with Crippen molar-refractivity contribution in [3.05, 3.63) is 35.9 Å². The molecule has 124 valence electrons. The molecule has 9 nitrogen and oxygen atoms in total. The van der Waals surface area contributed by atoms with Gasteiger partial charge in [-0.2, -0.15) is 10.2 Å². The molecule has 0 aliphatic carbocycles. The minimum Gasteiger partial charge on any atom is -0.368 e. The van der Waals surface area contributed by atoms with Crippen LogP contribution in [0.15, 0.2) is 24.5 Å². The number of nitrogens with one attached hydrogen (secondary N) is 1. The first-order valence-corrected chi connectivity index (χ1v) is 7.35. The van der Waals surface area contributed by atoms with E-state index in [0.29, 0.717) is 11.5 Å². The lowest BCUT2D eigenvalue weighted by atomic mass is 10.2. The van der Waals surface area contributed by atoms with Crippen LogP contribution in [0.1, 0.15) is 11.4 Å².